The maximum absolute atomic E-state index is 10.7. The molecular formula is C12H15Br2NO3. The normalized spacial score (nSPS) is 13.9. The van der Waals surface area contributed by atoms with E-state index in [1.807, 2.05) is 24.3 Å². The van der Waals surface area contributed by atoms with E-state index in [2.05, 4.69) is 31.9 Å². The lowest BCUT2D eigenvalue weighted by Crippen LogP contribution is -2.32. The first-order chi connectivity index (χ1) is 8.52. The summed E-state index contributed by atoms with van der Waals surface area (Å²) in [6.45, 7) is 0.541. The first kappa shape index (κ1) is 15.5. The van der Waals surface area contributed by atoms with Crippen LogP contribution in [-0.2, 0) is 11.2 Å². The van der Waals surface area contributed by atoms with Crippen LogP contribution in [0, 0.1) is 0 Å². The number of hydrogen-bond donors (Lipinski definition) is 2. The van der Waals surface area contributed by atoms with Crippen molar-refractivity contribution in [2.45, 2.75) is 17.3 Å². The summed E-state index contributed by atoms with van der Waals surface area (Å²) in [5, 5.41) is 9.56. The number of alkyl halides is 2. The fourth-order valence-electron chi connectivity index (χ4n) is 1.33. The van der Waals surface area contributed by atoms with Crippen molar-refractivity contribution in [3.63, 3.8) is 0 Å². The molecule has 2 atom stereocenters. The van der Waals surface area contributed by atoms with Gasteiger partial charge in [0.15, 0.2) is 0 Å². The third-order valence-corrected chi connectivity index (χ3v) is 4.51. The number of carbonyl (C=O) groups is 1. The SMILES string of the molecule is NC(Cc1cccc(OCC(Br)CBr)c1)C(=O)O. The van der Waals surface area contributed by atoms with Crippen LogP contribution in [0.2, 0.25) is 0 Å². The Balaban J connectivity index is 2.59. The Morgan fingerprint density at radius 2 is 2.22 bits per heavy atom. The van der Waals surface area contributed by atoms with Gasteiger partial charge in [-0.3, -0.25) is 4.79 Å². The molecular weight excluding hydrogens is 366 g/mol. The summed E-state index contributed by atoms with van der Waals surface area (Å²) in [6.07, 6.45) is 0.294. The van der Waals surface area contributed by atoms with E-state index in [9.17, 15) is 4.79 Å². The van der Waals surface area contributed by atoms with Gasteiger partial charge in [-0.25, -0.2) is 0 Å². The van der Waals surface area contributed by atoms with Crippen molar-refractivity contribution in [3.05, 3.63) is 29.8 Å². The van der Waals surface area contributed by atoms with Gasteiger partial charge in [-0.1, -0.05) is 44.0 Å². The third-order valence-electron chi connectivity index (χ3n) is 2.27. The number of benzene rings is 1. The Labute approximate surface area is 123 Å². The summed E-state index contributed by atoms with van der Waals surface area (Å²) in [6, 6.07) is 6.44. The second-order valence-electron chi connectivity index (χ2n) is 3.86. The highest BCUT2D eigenvalue weighted by atomic mass is 79.9. The van der Waals surface area contributed by atoms with E-state index in [1.54, 1.807) is 0 Å². The molecule has 6 heteroatoms. The Morgan fingerprint density at radius 1 is 1.50 bits per heavy atom. The molecule has 0 spiro atoms. The first-order valence-corrected chi connectivity index (χ1v) is 7.46. The molecule has 1 aromatic carbocycles. The largest absolute Gasteiger partial charge is 0.492 e. The lowest BCUT2D eigenvalue weighted by Gasteiger charge is -2.11. The monoisotopic (exact) mass is 379 g/mol. The molecule has 0 radical (unpaired) electrons. The third kappa shape index (κ3) is 5.37. The van der Waals surface area contributed by atoms with E-state index in [1.165, 1.54) is 0 Å². The highest BCUT2D eigenvalue weighted by molar-refractivity contribution is 9.12. The molecule has 0 aromatic heterocycles. The summed E-state index contributed by atoms with van der Waals surface area (Å²) in [4.78, 5) is 10.9. The topological polar surface area (TPSA) is 72.5 Å². The molecule has 4 nitrogen and oxygen atoms in total. The Morgan fingerprint density at radius 3 is 2.83 bits per heavy atom. The van der Waals surface area contributed by atoms with Crippen LogP contribution in [0.4, 0.5) is 0 Å². The molecule has 18 heavy (non-hydrogen) atoms. The van der Waals surface area contributed by atoms with Crippen molar-refractivity contribution in [1.29, 1.82) is 0 Å². The minimum Gasteiger partial charge on any atom is -0.492 e. The van der Waals surface area contributed by atoms with Crippen molar-refractivity contribution in [3.8, 4) is 5.75 Å². The molecule has 0 bridgehead atoms. The quantitative estimate of drug-likeness (QED) is 0.711. The highest BCUT2D eigenvalue weighted by Crippen LogP contribution is 2.16. The van der Waals surface area contributed by atoms with E-state index >= 15 is 0 Å². The standard InChI is InChI=1S/C12H15Br2NO3/c13-6-9(14)7-18-10-3-1-2-8(4-10)5-11(15)12(16)17/h1-4,9,11H,5-7,15H2,(H,16,17). The molecule has 3 N–H and O–H groups in total. The van der Waals surface area contributed by atoms with E-state index in [4.69, 9.17) is 15.6 Å². The lowest BCUT2D eigenvalue weighted by molar-refractivity contribution is -0.138. The summed E-state index contributed by atoms with van der Waals surface area (Å²) in [7, 11) is 0. The van der Waals surface area contributed by atoms with Crippen molar-refractivity contribution >= 4 is 37.8 Å². The van der Waals surface area contributed by atoms with E-state index in [-0.39, 0.29) is 4.83 Å². The van der Waals surface area contributed by atoms with Gasteiger partial charge in [-0.15, -0.1) is 0 Å². The molecule has 1 aromatic rings. The molecule has 0 amide bonds. The molecule has 0 saturated heterocycles. The minimum atomic E-state index is -0.999. The van der Waals surface area contributed by atoms with Gasteiger partial charge >= 0.3 is 5.97 Å². The fraction of sp³-hybridized carbons (Fsp3) is 0.417. The highest BCUT2D eigenvalue weighted by Gasteiger charge is 2.12. The number of ether oxygens (including phenoxy) is 1. The van der Waals surface area contributed by atoms with Crippen LogP contribution in [-0.4, -0.2) is 33.9 Å². The van der Waals surface area contributed by atoms with Crippen LogP contribution < -0.4 is 10.5 Å². The zero-order valence-electron chi connectivity index (χ0n) is 9.68. The van der Waals surface area contributed by atoms with Crippen molar-refractivity contribution < 1.29 is 14.6 Å². The number of carboxylic acids is 1. The first-order valence-electron chi connectivity index (χ1n) is 5.43. The van der Waals surface area contributed by atoms with Gasteiger partial charge in [-0.05, 0) is 24.1 Å². The summed E-state index contributed by atoms with van der Waals surface area (Å²) in [5.74, 6) is -0.281. The number of rotatable bonds is 7. The zero-order chi connectivity index (χ0) is 13.5. The predicted octanol–water partition coefficient (Wildman–Crippen LogP) is 2.18. The maximum atomic E-state index is 10.7. The van der Waals surface area contributed by atoms with Crippen LogP contribution >= 0.6 is 31.9 Å². The smallest absolute Gasteiger partial charge is 0.320 e. The maximum Gasteiger partial charge on any atom is 0.320 e. The van der Waals surface area contributed by atoms with Crippen LogP contribution in [0.5, 0.6) is 5.75 Å². The predicted molar refractivity (Wildman–Crippen MR) is 77.8 cm³/mol. The summed E-state index contributed by atoms with van der Waals surface area (Å²) in [5.41, 5.74) is 6.34. The number of hydrogen-bond acceptors (Lipinski definition) is 3. The van der Waals surface area contributed by atoms with Gasteiger partial charge in [0.25, 0.3) is 0 Å². The average molecular weight is 381 g/mol. The van der Waals surface area contributed by atoms with Crippen molar-refractivity contribution in [2.24, 2.45) is 5.73 Å². The molecule has 1 rings (SSSR count). The second kappa shape index (κ2) is 7.76. The van der Waals surface area contributed by atoms with Crippen molar-refractivity contribution in [2.75, 3.05) is 11.9 Å². The zero-order valence-corrected chi connectivity index (χ0v) is 12.9. The minimum absolute atomic E-state index is 0.238. The number of carboxylic acid groups (broad SMARTS) is 1. The summed E-state index contributed by atoms with van der Waals surface area (Å²) < 4.78 is 5.58. The molecule has 0 fully saturated rings. The van der Waals surface area contributed by atoms with Gasteiger partial charge in [0, 0.05) is 5.33 Å². The number of nitrogens with two attached hydrogens (primary N) is 1. The molecule has 0 aliphatic rings. The average Bonchev–Trinajstić information content (AvgIpc) is 2.36. The Hall–Kier alpha value is -0.590. The van der Waals surface area contributed by atoms with E-state index in [0.717, 1.165) is 16.6 Å². The van der Waals surface area contributed by atoms with Crippen LogP contribution in [0.3, 0.4) is 0 Å². The Kier molecular flexibility index (Phi) is 6.67. The molecule has 0 heterocycles. The van der Waals surface area contributed by atoms with Crippen LogP contribution in [0.15, 0.2) is 24.3 Å². The molecule has 0 saturated carbocycles. The van der Waals surface area contributed by atoms with Gasteiger partial charge in [0.2, 0.25) is 0 Å². The summed E-state index contributed by atoms with van der Waals surface area (Å²) >= 11 is 6.79. The molecule has 0 aliphatic carbocycles. The van der Waals surface area contributed by atoms with E-state index < -0.39 is 12.0 Å². The number of aliphatic carboxylic acids is 1. The van der Waals surface area contributed by atoms with Crippen LogP contribution in [0.1, 0.15) is 5.56 Å². The molecule has 100 valence electrons. The Bertz CT molecular complexity index is 401. The molecule has 2 unspecified atom stereocenters. The second-order valence-corrected chi connectivity index (χ2v) is 5.80. The van der Waals surface area contributed by atoms with Crippen molar-refractivity contribution in [1.82, 2.24) is 0 Å². The van der Waals surface area contributed by atoms with E-state index in [0.29, 0.717) is 13.0 Å². The van der Waals surface area contributed by atoms with Gasteiger partial charge < -0.3 is 15.6 Å². The van der Waals surface area contributed by atoms with Crippen LogP contribution in [0.25, 0.3) is 0 Å². The van der Waals surface area contributed by atoms with Gasteiger partial charge in [-0.2, -0.15) is 0 Å². The van der Waals surface area contributed by atoms with Gasteiger partial charge in [0.1, 0.15) is 18.4 Å². The molecule has 0 aliphatic heterocycles. The van der Waals surface area contributed by atoms with Gasteiger partial charge in [0.05, 0.1) is 4.83 Å². The fourth-order valence-corrected chi connectivity index (χ4v) is 1.65. The lowest BCUT2D eigenvalue weighted by atomic mass is 10.1. The number of halogens is 2.